The number of benzene rings is 1. The number of fused-ring (bicyclic) bond motifs is 2. The van der Waals surface area contributed by atoms with Gasteiger partial charge >= 0.3 is 12.1 Å². The molecule has 6 nitrogen and oxygen atoms in total. The Bertz CT molecular complexity index is 1030. The second-order valence-corrected chi connectivity index (χ2v) is 7.83. The van der Waals surface area contributed by atoms with E-state index >= 15 is 0 Å². The van der Waals surface area contributed by atoms with Gasteiger partial charge in [0.2, 0.25) is 5.91 Å². The molecule has 1 amide bonds. The van der Waals surface area contributed by atoms with Crippen molar-refractivity contribution in [3.05, 3.63) is 52.3 Å². The van der Waals surface area contributed by atoms with Crippen molar-refractivity contribution < 1.29 is 32.6 Å². The Balaban J connectivity index is 1.55. The molecule has 1 aliphatic heterocycles. The molecule has 2 N–H and O–H groups in total. The Morgan fingerprint density at radius 2 is 1.93 bits per heavy atom. The quantitative estimate of drug-likeness (QED) is 0.724. The van der Waals surface area contributed by atoms with Crippen LogP contribution < -0.4 is 10.1 Å². The molecule has 30 heavy (non-hydrogen) atoms. The number of nitrogens with one attached hydrogen (secondary N) is 1. The van der Waals surface area contributed by atoms with Gasteiger partial charge in [-0.3, -0.25) is 4.79 Å². The van der Waals surface area contributed by atoms with E-state index in [1.54, 1.807) is 0 Å². The molecular weight excluding hydrogens is 425 g/mol. The number of carbonyl (C=O) groups is 2. The van der Waals surface area contributed by atoms with E-state index in [9.17, 15) is 27.9 Å². The summed E-state index contributed by atoms with van der Waals surface area (Å²) < 4.78 is 45.5. The number of hydrogen-bond acceptors (Lipinski definition) is 4. The molecule has 4 rings (SSSR count). The van der Waals surface area contributed by atoms with Crippen molar-refractivity contribution in [2.45, 2.75) is 43.4 Å². The first-order chi connectivity index (χ1) is 14.1. The Morgan fingerprint density at radius 1 is 1.23 bits per heavy atom. The smallest absolute Gasteiger partial charge is 0.420 e. The number of amides is 1. The minimum absolute atomic E-state index is 0.0446. The Morgan fingerprint density at radius 3 is 2.57 bits per heavy atom. The first kappa shape index (κ1) is 20.5. The molecule has 158 valence electrons. The third-order valence-corrected chi connectivity index (χ3v) is 5.81. The zero-order valence-electron chi connectivity index (χ0n) is 15.4. The second-order valence-electron chi connectivity index (χ2n) is 7.39. The van der Waals surface area contributed by atoms with E-state index in [1.807, 2.05) is 0 Å². The molecule has 0 atom stereocenters. The van der Waals surface area contributed by atoms with Crippen LogP contribution in [0.5, 0.6) is 5.75 Å². The predicted molar refractivity (Wildman–Crippen MR) is 101 cm³/mol. The fraction of sp³-hybridized carbons (Fsp3) is 0.350. The van der Waals surface area contributed by atoms with Crippen LogP contribution in [0.4, 0.5) is 18.9 Å². The average molecular weight is 441 g/mol. The monoisotopic (exact) mass is 440 g/mol. The number of ether oxygens (including phenoxy) is 1. The standard InChI is InChI=1S/C20H16ClF3N2O4/c21-10-1-4-15(12(9-10)20(22,23)24)30-11-5-7-19(8-6-11)16-13(26-18(19)29)2-3-14(25-16)17(27)28/h1-4,9,11H,5-8H2,(H,26,29)(H,27,28). The molecule has 1 spiro atoms. The number of carbonyl (C=O) groups excluding carboxylic acids is 1. The van der Waals surface area contributed by atoms with Gasteiger partial charge in [-0.2, -0.15) is 13.2 Å². The molecule has 0 bridgehead atoms. The number of halogens is 4. The summed E-state index contributed by atoms with van der Waals surface area (Å²) in [6.45, 7) is 0. The van der Waals surface area contributed by atoms with Gasteiger partial charge in [-0.15, -0.1) is 0 Å². The van der Waals surface area contributed by atoms with Gasteiger partial charge in [0.15, 0.2) is 0 Å². The number of nitrogens with zero attached hydrogens (tertiary/aromatic N) is 1. The fourth-order valence-electron chi connectivity index (χ4n) is 4.07. The molecule has 2 aliphatic rings. The van der Waals surface area contributed by atoms with E-state index in [1.165, 1.54) is 24.3 Å². The summed E-state index contributed by atoms with van der Waals surface area (Å²) in [5.74, 6) is -1.80. The highest BCUT2D eigenvalue weighted by Crippen LogP contribution is 2.47. The van der Waals surface area contributed by atoms with Gasteiger partial charge in [0.1, 0.15) is 11.4 Å². The van der Waals surface area contributed by atoms with E-state index in [0.717, 1.165) is 6.07 Å². The number of aromatic carboxylic acids is 1. The average Bonchev–Trinajstić information content (AvgIpc) is 2.95. The fourth-order valence-corrected chi connectivity index (χ4v) is 4.24. The molecule has 1 fully saturated rings. The molecule has 10 heteroatoms. The molecule has 0 unspecified atom stereocenters. The van der Waals surface area contributed by atoms with Crippen LogP contribution in [-0.2, 0) is 16.4 Å². The van der Waals surface area contributed by atoms with Gasteiger partial charge in [-0.25, -0.2) is 9.78 Å². The summed E-state index contributed by atoms with van der Waals surface area (Å²) in [6.07, 6.45) is -3.96. The summed E-state index contributed by atoms with van der Waals surface area (Å²) in [5.41, 5.74) is -1.30. The lowest BCUT2D eigenvalue weighted by Gasteiger charge is -2.35. The second kappa shape index (κ2) is 7.16. The zero-order valence-corrected chi connectivity index (χ0v) is 16.2. The normalized spacial score (nSPS) is 23.2. The number of anilines is 1. The third-order valence-electron chi connectivity index (χ3n) is 5.58. The van der Waals surface area contributed by atoms with E-state index in [0.29, 0.717) is 24.2 Å². The lowest BCUT2D eigenvalue weighted by Crippen LogP contribution is -2.41. The van der Waals surface area contributed by atoms with Crippen LogP contribution in [0.3, 0.4) is 0 Å². The highest BCUT2D eigenvalue weighted by atomic mass is 35.5. The van der Waals surface area contributed by atoms with Crippen molar-refractivity contribution in [2.24, 2.45) is 0 Å². The zero-order chi connectivity index (χ0) is 21.7. The highest BCUT2D eigenvalue weighted by Gasteiger charge is 2.50. The van der Waals surface area contributed by atoms with E-state index in [-0.39, 0.29) is 35.2 Å². The number of carboxylic acid groups (broad SMARTS) is 1. The summed E-state index contributed by atoms with van der Waals surface area (Å²) in [5, 5.41) is 11.9. The maximum absolute atomic E-state index is 13.3. The first-order valence-electron chi connectivity index (χ1n) is 9.20. The van der Waals surface area contributed by atoms with Gasteiger partial charge in [0.25, 0.3) is 0 Å². The molecule has 2 aromatic rings. The van der Waals surface area contributed by atoms with Crippen LogP contribution in [-0.4, -0.2) is 28.1 Å². The molecule has 1 saturated carbocycles. The number of pyridine rings is 1. The van der Waals surface area contributed by atoms with Gasteiger partial charge in [0.05, 0.1) is 28.5 Å². The minimum atomic E-state index is -4.61. The van der Waals surface area contributed by atoms with Crippen molar-refractivity contribution in [1.82, 2.24) is 4.98 Å². The number of rotatable bonds is 3. The molecule has 0 radical (unpaired) electrons. The van der Waals surface area contributed by atoms with Crippen molar-refractivity contribution in [1.29, 1.82) is 0 Å². The SMILES string of the molecule is O=C(O)c1ccc2c(n1)C1(CCC(Oc3ccc(Cl)cc3C(F)(F)F)CC1)C(=O)N2. The molecule has 0 saturated heterocycles. The van der Waals surface area contributed by atoms with Crippen molar-refractivity contribution in [3.8, 4) is 5.75 Å². The minimum Gasteiger partial charge on any atom is -0.490 e. The van der Waals surface area contributed by atoms with Crippen molar-refractivity contribution >= 4 is 29.2 Å². The maximum atomic E-state index is 13.3. The molecule has 1 aromatic heterocycles. The summed E-state index contributed by atoms with van der Waals surface area (Å²) in [4.78, 5) is 28.1. The van der Waals surface area contributed by atoms with Gasteiger partial charge in [0, 0.05) is 5.02 Å². The first-order valence-corrected chi connectivity index (χ1v) is 9.58. The van der Waals surface area contributed by atoms with E-state index < -0.39 is 29.2 Å². The van der Waals surface area contributed by atoms with E-state index in [4.69, 9.17) is 16.3 Å². The number of hydrogen-bond donors (Lipinski definition) is 2. The van der Waals surface area contributed by atoms with Crippen molar-refractivity contribution in [2.75, 3.05) is 5.32 Å². The largest absolute Gasteiger partial charge is 0.490 e. The molecular formula is C20H16ClF3N2O4. The van der Waals surface area contributed by atoms with Crippen LogP contribution in [0.15, 0.2) is 30.3 Å². The molecule has 2 heterocycles. The number of alkyl halides is 3. The van der Waals surface area contributed by atoms with Crippen LogP contribution in [0.25, 0.3) is 0 Å². The third kappa shape index (κ3) is 3.47. The van der Waals surface area contributed by atoms with Gasteiger partial charge in [-0.05, 0) is 56.0 Å². The Labute approximate surface area is 174 Å². The van der Waals surface area contributed by atoms with Crippen LogP contribution >= 0.6 is 11.6 Å². The lowest BCUT2D eigenvalue weighted by molar-refractivity contribution is -0.139. The lowest BCUT2D eigenvalue weighted by atomic mass is 9.71. The maximum Gasteiger partial charge on any atom is 0.420 e. The van der Waals surface area contributed by atoms with Gasteiger partial charge < -0.3 is 15.2 Å². The summed E-state index contributed by atoms with van der Waals surface area (Å²) in [6, 6.07) is 6.15. The van der Waals surface area contributed by atoms with Crippen LogP contribution in [0.1, 0.15) is 47.4 Å². The van der Waals surface area contributed by atoms with Crippen LogP contribution in [0, 0.1) is 0 Å². The molecule has 1 aromatic carbocycles. The predicted octanol–water partition coefficient (Wildman–Crippen LogP) is 4.66. The van der Waals surface area contributed by atoms with Crippen molar-refractivity contribution in [3.63, 3.8) is 0 Å². The summed E-state index contributed by atoms with van der Waals surface area (Å²) in [7, 11) is 0. The van der Waals surface area contributed by atoms with Crippen LogP contribution in [0.2, 0.25) is 5.02 Å². The molecule has 1 aliphatic carbocycles. The number of aromatic nitrogens is 1. The Kier molecular flexibility index (Phi) is 4.88. The van der Waals surface area contributed by atoms with Gasteiger partial charge in [-0.1, -0.05) is 11.6 Å². The number of carboxylic acids is 1. The van der Waals surface area contributed by atoms with E-state index in [2.05, 4.69) is 10.3 Å². The summed E-state index contributed by atoms with van der Waals surface area (Å²) >= 11 is 5.70. The highest BCUT2D eigenvalue weighted by molar-refractivity contribution is 6.30. The Hall–Kier alpha value is -2.81. The topological polar surface area (TPSA) is 88.5 Å².